The third kappa shape index (κ3) is 5.89. The van der Waals surface area contributed by atoms with Crippen molar-refractivity contribution in [3.05, 3.63) is 29.3 Å². The van der Waals surface area contributed by atoms with Crippen molar-refractivity contribution in [2.75, 3.05) is 6.61 Å². The highest BCUT2D eigenvalue weighted by molar-refractivity contribution is 6.65. The molecule has 0 aliphatic heterocycles. The van der Waals surface area contributed by atoms with Crippen LogP contribution in [0, 0.1) is 5.92 Å². The van der Waals surface area contributed by atoms with Crippen LogP contribution in [0.5, 0.6) is 5.75 Å². The predicted octanol–water partition coefficient (Wildman–Crippen LogP) is 4.87. The zero-order chi connectivity index (χ0) is 13.6. The van der Waals surface area contributed by atoms with Crippen molar-refractivity contribution in [1.29, 1.82) is 0 Å². The van der Waals surface area contributed by atoms with E-state index in [9.17, 15) is 0 Å². The van der Waals surface area contributed by atoms with E-state index < -0.39 is 8.56 Å². The molecule has 18 heavy (non-hydrogen) atoms. The molecule has 1 aromatic carbocycles. The van der Waals surface area contributed by atoms with Crippen LogP contribution in [0.3, 0.4) is 0 Å². The fourth-order valence-electron chi connectivity index (χ4n) is 1.63. The summed E-state index contributed by atoms with van der Waals surface area (Å²) in [5.41, 5.74) is 0. The van der Waals surface area contributed by atoms with Gasteiger partial charge in [0, 0.05) is 6.61 Å². The van der Waals surface area contributed by atoms with E-state index in [0.29, 0.717) is 5.02 Å². The molecule has 0 aliphatic rings. The molecule has 0 atom stereocenters. The predicted molar refractivity (Wildman–Crippen MR) is 79.6 cm³/mol. The van der Waals surface area contributed by atoms with Crippen molar-refractivity contribution in [2.24, 2.45) is 5.92 Å². The zero-order valence-corrected chi connectivity index (χ0v) is 13.5. The minimum atomic E-state index is -2.13. The number of hydrogen-bond donors (Lipinski definition) is 0. The van der Waals surface area contributed by atoms with Gasteiger partial charge in [0.05, 0.1) is 5.02 Å². The molecule has 0 saturated heterocycles. The van der Waals surface area contributed by atoms with E-state index in [-0.39, 0.29) is 0 Å². The first-order chi connectivity index (χ1) is 8.41. The maximum absolute atomic E-state index is 6.07. The Hall–Kier alpha value is -0.513. The summed E-state index contributed by atoms with van der Waals surface area (Å²) in [6.45, 7) is 9.31. The summed E-state index contributed by atoms with van der Waals surface area (Å²) in [6, 6.07) is 7.53. The van der Waals surface area contributed by atoms with E-state index in [1.54, 1.807) is 0 Å². The number of halogens is 1. The zero-order valence-electron chi connectivity index (χ0n) is 11.7. The maximum Gasteiger partial charge on any atom is 0.392 e. The molecule has 0 fully saturated rings. The van der Waals surface area contributed by atoms with Gasteiger partial charge in [-0.2, -0.15) is 0 Å². The third-order valence-corrected chi connectivity index (χ3v) is 4.49. The van der Waals surface area contributed by atoms with E-state index in [2.05, 4.69) is 13.8 Å². The molecule has 0 radical (unpaired) electrons. The van der Waals surface area contributed by atoms with Gasteiger partial charge in [0.15, 0.2) is 0 Å². The Labute approximate surface area is 117 Å². The van der Waals surface area contributed by atoms with Crippen LogP contribution >= 0.6 is 11.6 Å². The Morgan fingerprint density at radius 1 is 1.22 bits per heavy atom. The summed E-state index contributed by atoms with van der Waals surface area (Å²) < 4.78 is 11.8. The molecule has 2 nitrogen and oxygen atoms in total. The summed E-state index contributed by atoms with van der Waals surface area (Å²) in [7, 11) is -2.13. The minimum Gasteiger partial charge on any atom is -0.519 e. The Morgan fingerprint density at radius 2 is 1.89 bits per heavy atom. The Balaban J connectivity index is 2.42. The van der Waals surface area contributed by atoms with Gasteiger partial charge in [-0.25, -0.2) is 0 Å². The summed E-state index contributed by atoms with van der Waals surface area (Å²) in [4.78, 5) is 0. The van der Waals surface area contributed by atoms with Gasteiger partial charge in [0.2, 0.25) is 0 Å². The van der Waals surface area contributed by atoms with Crippen LogP contribution in [0.1, 0.15) is 26.7 Å². The molecule has 0 heterocycles. The Kier molecular flexibility index (Phi) is 6.19. The van der Waals surface area contributed by atoms with Gasteiger partial charge in [-0.15, -0.1) is 0 Å². The van der Waals surface area contributed by atoms with Gasteiger partial charge in [-0.05, 0) is 44.0 Å². The normalized spacial score (nSPS) is 11.9. The van der Waals surface area contributed by atoms with Gasteiger partial charge in [0.25, 0.3) is 0 Å². The molecule has 1 aromatic rings. The molecule has 0 N–H and O–H groups in total. The average molecular weight is 287 g/mol. The Morgan fingerprint density at radius 3 is 2.50 bits per heavy atom. The number of rotatable bonds is 7. The van der Waals surface area contributed by atoms with Gasteiger partial charge in [-0.1, -0.05) is 37.6 Å². The van der Waals surface area contributed by atoms with Crippen molar-refractivity contribution in [3.8, 4) is 5.75 Å². The van der Waals surface area contributed by atoms with E-state index in [1.807, 2.05) is 37.4 Å². The smallest absolute Gasteiger partial charge is 0.392 e. The first-order valence-corrected chi connectivity index (χ1v) is 9.67. The monoisotopic (exact) mass is 286 g/mol. The highest BCUT2D eigenvalue weighted by Crippen LogP contribution is 2.26. The molecule has 0 unspecified atom stereocenters. The van der Waals surface area contributed by atoms with Gasteiger partial charge >= 0.3 is 8.56 Å². The maximum atomic E-state index is 6.07. The number of hydrogen-bond acceptors (Lipinski definition) is 2. The Bertz CT molecular complexity index is 367. The van der Waals surface area contributed by atoms with Crippen molar-refractivity contribution < 1.29 is 8.85 Å². The SMILES string of the molecule is CC(C)CCCO[Si](C)(C)Oc1ccccc1Cl. The molecular formula is C14H23ClO2Si. The second-order valence-corrected chi connectivity index (χ2v) is 9.02. The van der Waals surface area contributed by atoms with E-state index >= 15 is 0 Å². The standard InChI is InChI=1S/C14H23ClO2Si/c1-12(2)8-7-11-16-18(3,4)17-14-10-6-5-9-13(14)15/h5-6,9-10,12H,7-8,11H2,1-4H3. The second kappa shape index (κ2) is 7.17. The van der Waals surface area contributed by atoms with Crippen molar-refractivity contribution in [2.45, 2.75) is 39.8 Å². The molecule has 0 aliphatic carbocycles. The molecule has 0 amide bonds. The summed E-state index contributed by atoms with van der Waals surface area (Å²) in [6.07, 6.45) is 2.27. The van der Waals surface area contributed by atoms with E-state index in [4.69, 9.17) is 20.5 Å². The molecule has 0 spiro atoms. The van der Waals surface area contributed by atoms with Crippen LogP contribution < -0.4 is 4.43 Å². The van der Waals surface area contributed by atoms with Crippen LogP contribution in [0.25, 0.3) is 0 Å². The first-order valence-electron chi connectivity index (χ1n) is 6.48. The molecule has 0 saturated carbocycles. The van der Waals surface area contributed by atoms with E-state index in [0.717, 1.165) is 24.7 Å². The van der Waals surface area contributed by atoms with Gasteiger partial charge in [0.1, 0.15) is 5.75 Å². The van der Waals surface area contributed by atoms with Crippen molar-refractivity contribution >= 4 is 20.2 Å². The topological polar surface area (TPSA) is 18.5 Å². The molecule has 0 aromatic heterocycles. The van der Waals surface area contributed by atoms with Crippen LogP contribution in [-0.2, 0) is 4.43 Å². The van der Waals surface area contributed by atoms with Crippen LogP contribution in [-0.4, -0.2) is 15.2 Å². The minimum absolute atomic E-state index is 0.642. The van der Waals surface area contributed by atoms with Crippen LogP contribution in [0.2, 0.25) is 18.1 Å². The lowest BCUT2D eigenvalue weighted by molar-refractivity contribution is 0.237. The first kappa shape index (κ1) is 15.5. The lowest BCUT2D eigenvalue weighted by Crippen LogP contribution is -2.38. The molecule has 4 heteroatoms. The fourth-order valence-corrected chi connectivity index (χ4v) is 3.27. The molecule has 102 valence electrons. The van der Waals surface area contributed by atoms with E-state index in [1.165, 1.54) is 6.42 Å². The molecule has 1 rings (SSSR count). The van der Waals surface area contributed by atoms with Crippen molar-refractivity contribution in [3.63, 3.8) is 0 Å². The van der Waals surface area contributed by atoms with Crippen LogP contribution in [0.15, 0.2) is 24.3 Å². The van der Waals surface area contributed by atoms with Crippen molar-refractivity contribution in [1.82, 2.24) is 0 Å². The summed E-state index contributed by atoms with van der Waals surface area (Å²) in [5, 5.41) is 0.642. The molecular weight excluding hydrogens is 264 g/mol. The highest BCUT2D eigenvalue weighted by atomic mass is 35.5. The highest BCUT2D eigenvalue weighted by Gasteiger charge is 2.27. The second-order valence-electron chi connectivity index (χ2n) is 5.32. The van der Waals surface area contributed by atoms with Crippen LogP contribution in [0.4, 0.5) is 0 Å². The third-order valence-electron chi connectivity index (χ3n) is 2.57. The lowest BCUT2D eigenvalue weighted by atomic mass is 10.1. The summed E-state index contributed by atoms with van der Waals surface area (Å²) in [5.74, 6) is 1.45. The quantitative estimate of drug-likeness (QED) is 0.526. The average Bonchev–Trinajstić information content (AvgIpc) is 2.27. The summed E-state index contributed by atoms with van der Waals surface area (Å²) >= 11 is 6.07. The van der Waals surface area contributed by atoms with Gasteiger partial charge < -0.3 is 8.85 Å². The van der Waals surface area contributed by atoms with Gasteiger partial charge in [-0.3, -0.25) is 0 Å². The lowest BCUT2D eigenvalue weighted by Gasteiger charge is -2.24. The molecule has 0 bridgehead atoms. The fraction of sp³-hybridized carbons (Fsp3) is 0.571. The number of benzene rings is 1. The number of para-hydroxylation sites is 1. The largest absolute Gasteiger partial charge is 0.519 e.